The van der Waals surface area contributed by atoms with Crippen molar-refractivity contribution in [1.82, 2.24) is 15.3 Å². The van der Waals surface area contributed by atoms with Crippen molar-refractivity contribution in [3.63, 3.8) is 0 Å². The quantitative estimate of drug-likeness (QED) is 0.593. The summed E-state index contributed by atoms with van der Waals surface area (Å²) < 4.78 is 0. The average Bonchev–Trinajstić information content (AvgIpc) is 2.48. The maximum atomic E-state index is 11.3. The van der Waals surface area contributed by atoms with Gasteiger partial charge in [-0.25, -0.2) is 5.06 Å². The SMILES string of the molecule is CON(C)C(=O)c1[nH]ncc1N. The molecule has 0 aliphatic rings. The van der Waals surface area contributed by atoms with Crippen molar-refractivity contribution >= 4 is 11.6 Å². The third-order valence-corrected chi connectivity index (χ3v) is 1.44. The van der Waals surface area contributed by atoms with Crippen molar-refractivity contribution in [2.24, 2.45) is 0 Å². The number of nitrogen functional groups attached to an aromatic ring is 1. The number of carbonyl (C=O) groups is 1. The van der Waals surface area contributed by atoms with Gasteiger partial charge in [-0.3, -0.25) is 14.7 Å². The van der Waals surface area contributed by atoms with Crippen LogP contribution in [0.5, 0.6) is 0 Å². The number of rotatable bonds is 2. The van der Waals surface area contributed by atoms with Crippen molar-refractivity contribution in [1.29, 1.82) is 0 Å². The predicted molar refractivity (Wildman–Crippen MR) is 42.1 cm³/mol. The molecule has 0 saturated carbocycles. The van der Waals surface area contributed by atoms with E-state index < -0.39 is 0 Å². The lowest BCUT2D eigenvalue weighted by Crippen LogP contribution is -2.26. The molecule has 1 rings (SSSR count). The van der Waals surface area contributed by atoms with Crippen LogP contribution in [0, 0.1) is 0 Å². The van der Waals surface area contributed by atoms with E-state index in [2.05, 4.69) is 15.0 Å². The van der Waals surface area contributed by atoms with Gasteiger partial charge >= 0.3 is 0 Å². The van der Waals surface area contributed by atoms with Gasteiger partial charge in [0.1, 0.15) is 5.69 Å². The number of H-pyrrole nitrogens is 1. The normalized spacial score (nSPS) is 9.83. The fourth-order valence-corrected chi connectivity index (χ4v) is 0.707. The Balaban J connectivity index is 2.85. The zero-order valence-electron chi connectivity index (χ0n) is 6.87. The minimum Gasteiger partial charge on any atom is -0.396 e. The first kappa shape index (κ1) is 8.54. The number of nitrogens with zero attached hydrogens (tertiary/aromatic N) is 2. The molecule has 0 bridgehead atoms. The second-order valence-electron chi connectivity index (χ2n) is 2.19. The van der Waals surface area contributed by atoms with Gasteiger partial charge in [0.2, 0.25) is 0 Å². The van der Waals surface area contributed by atoms with Crippen LogP contribution < -0.4 is 5.73 Å². The number of amides is 1. The Labute approximate surface area is 69.3 Å². The van der Waals surface area contributed by atoms with E-state index in [9.17, 15) is 4.79 Å². The van der Waals surface area contributed by atoms with E-state index in [-0.39, 0.29) is 11.6 Å². The molecular formula is C6H10N4O2. The van der Waals surface area contributed by atoms with Crippen molar-refractivity contribution in [3.05, 3.63) is 11.9 Å². The molecule has 6 heteroatoms. The van der Waals surface area contributed by atoms with E-state index in [0.29, 0.717) is 5.69 Å². The third kappa shape index (κ3) is 1.37. The van der Waals surface area contributed by atoms with Crippen LogP contribution in [0.3, 0.4) is 0 Å². The fourth-order valence-electron chi connectivity index (χ4n) is 0.707. The van der Waals surface area contributed by atoms with E-state index in [1.54, 1.807) is 0 Å². The molecule has 0 saturated heterocycles. The van der Waals surface area contributed by atoms with Crippen molar-refractivity contribution in [2.75, 3.05) is 19.9 Å². The summed E-state index contributed by atoms with van der Waals surface area (Å²) in [5.41, 5.74) is 5.98. The molecule has 1 aromatic heterocycles. The number of carbonyl (C=O) groups excluding carboxylic acids is 1. The van der Waals surface area contributed by atoms with Gasteiger partial charge in [0.25, 0.3) is 5.91 Å². The van der Waals surface area contributed by atoms with E-state index in [1.807, 2.05) is 0 Å². The number of anilines is 1. The molecule has 0 atom stereocenters. The van der Waals surface area contributed by atoms with Gasteiger partial charge in [-0.15, -0.1) is 0 Å². The summed E-state index contributed by atoms with van der Waals surface area (Å²) in [4.78, 5) is 16.0. The van der Waals surface area contributed by atoms with E-state index in [0.717, 1.165) is 5.06 Å². The summed E-state index contributed by atoms with van der Waals surface area (Å²) in [7, 11) is 2.88. The Bertz CT molecular complexity index is 283. The Hall–Kier alpha value is -1.56. The predicted octanol–water partition coefficient (Wildman–Crippen LogP) is -0.375. The number of nitrogens with two attached hydrogens (primary N) is 1. The fraction of sp³-hybridized carbons (Fsp3) is 0.333. The lowest BCUT2D eigenvalue weighted by Gasteiger charge is -2.11. The molecule has 0 fully saturated rings. The number of hydrogen-bond donors (Lipinski definition) is 2. The first-order valence-corrected chi connectivity index (χ1v) is 3.27. The smallest absolute Gasteiger partial charge is 0.297 e. The minimum atomic E-state index is -0.354. The lowest BCUT2D eigenvalue weighted by atomic mass is 10.3. The molecule has 0 aliphatic carbocycles. The first-order chi connectivity index (χ1) is 5.66. The van der Waals surface area contributed by atoms with Crippen molar-refractivity contribution in [3.8, 4) is 0 Å². The van der Waals surface area contributed by atoms with Crippen LogP contribution in [-0.2, 0) is 4.84 Å². The molecule has 1 aromatic rings. The largest absolute Gasteiger partial charge is 0.396 e. The minimum absolute atomic E-state index is 0.236. The van der Waals surface area contributed by atoms with Gasteiger partial charge in [-0.2, -0.15) is 5.10 Å². The van der Waals surface area contributed by atoms with Crippen LogP contribution in [0.15, 0.2) is 6.20 Å². The molecule has 6 nitrogen and oxygen atoms in total. The molecule has 0 unspecified atom stereocenters. The highest BCUT2D eigenvalue weighted by molar-refractivity contribution is 5.96. The Morgan fingerprint density at radius 2 is 2.50 bits per heavy atom. The van der Waals surface area contributed by atoms with Gasteiger partial charge in [0.15, 0.2) is 0 Å². The van der Waals surface area contributed by atoms with Gasteiger partial charge in [0, 0.05) is 7.05 Å². The van der Waals surface area contributed by atoms with Crippen molar-refractivity contribution < 1.29 is 9.63 Å². The summed E-state index contributed by atoms with van der Waals surface area (Å²) in [6.07, 6.45) is 1.37. The highest BCUT2D eigenvalue weighted by Gasteiger charge is 2.15. The van der Waals surface area contributed by atoms with Gasteiger partial charge < -0.3 is 5.73 Å². The van der Waals surface area contributed by atoms with Crippen LogP contribution in [-0.4, -0.2) is 35.3 Å². The molecule has 0 aromatic carbocycles. The highest BCUT2D eigenvalue weighted by atomic mass is 16.7. The number of hydroxylamine groups is 2. The number of hydrogen-bond acceptors (Lipinski definition) is 4. The average molecular weight is 170 g/mol. The van der Waals surface area contributed by atoms with Crippen LogP contribution in [0.2, 0.25) is 0 Å². The monoisotopic (exact) mass is 170 g/mol. The molecule has 0 radical (unpaired) electrons. The summed E-state index contributed by atoms with van der Waals surface area (Å²) in [5, 5.41) is 7.14. The molecule has 12 heavy (non-hydrogen) atoms. The van der Waals surface area contributed by atoms with Crippen LogP contribution in [0.25, 0.3) is 0 Å². The van der Waals surface area contributed by atoms with Gasteiger partial charge in [-0.05, 0) is 0 Å². The third-order valence-electron chi connectivity index (χ3n) is 1.44. The Morgan fingerprint density at radius 1 is 1.83 bits per heavy atom. The second kappa shape index (κ2) is 3.22. The lowest BCUT2D eigenvalue weighted by molar-refractivity contribution is -0.0759. The molecular weight excluding hydrogens is 160 g/mol. The van der Waals surface area contributed by atoms with Crippen LogP contribution >= 0.6 is 0 Å². The molecule has 1 amide bonds. The standard InChI is InChI=1S/C6H10N4O2/c1-10(12-2)6(11)5-4(7)3-8-9-5/h3H,7H2,1-2H3,(H,8,9). The second-order valence-corrected chi connectivity index (χ2v) is 2.19. The zero-order valence-corrected chi connectivity index (χ0v) is 6.87. The summed E-state index contributed by atoms with van der Waals surface area (Å²) in [6.45, 7) is 0. The van der Waals surface area contributed by atoms with Crippen LogP contribution in [0.4, 0.5) is 5.69 Å². The van der Waals surface area contributed by atoms with Gasteiger partial charge in [-0.1, -0.05) is 0 Å². The summed E-state index contributed by atoms with van der Waals surface area (Å²) in [5.74, 6) is -0.354. The van der Waals surface area contributed by atoms with Gasteiger partial charge in [0.05, 0.1) is 19.0 Å². The summed E-state index contributed by atoms with van der Waals surface area (Å²) in [6, 6.07) is 0. The molecule has 3 N–H and O–H groups in total. The number of nitrogens with one attached hydrogen (secondary N) is 1. The van der Waals surface area contributed by atoms with E-state index in [4.69, 9.17) is 5.73 Å². The summed E-state index contributed by atoms with van der Waals surface area (Å²) >= 11 is 0. The first-order valence-electron chi connectivity index (χ1n) is 3.27. The van der Waals surface area contributed by atoms with Crippen LogP contribution in [0.1, 0.15) is 10.5 Å². The Kier molecular flexibility index (Phi) is 2.29. The zero-order chi connectivity index (χ0) is 9.14. The number of aromatic amines is 1. The molecule has 66 valence electrons. The molecule has 0 aliphatic heterocycles. The van der Waals surface area contributed by atoms with E-state index in [1.165, 1.54) is 20.4 Å². The molecule has 1 heterocycles. The van der Waals surface area contributed by atoms with Crippen molar-refractivity contribution in [2.45, 2.75) is 0 Å². The maximum absolute atomic E-state index is 11.3. The Morgan fingerprint density at radius 3 is 2.92 bits per heavy atom. The number of aromatic nitrogens is 2. The molecule has 0 spiro atoms. The topological polar surface area (TPSA) is 84.2 Å². The highest BCUT2D eigenvalue weighted by Crippen LogP contribution is 2.08. The maximum Gasteiger partial charge on any atom is 0.297 e. The van der Waals surface area contributed by atoms with E-state index >= 15 is 0 Å².